The first-order valence-corrected chi connectivity index (χ1v) is 19.9. The summed E-state index contributed by atoms with van der Waals surface area (Å²) in [5.41, 5.74) is 0.749. The van der Waals surface area contributed by atoms with Crippen LogP contribution in [0.1, 0.15) is 148 Å². The third-order valence-corrected chi connectivity index (χ3v) is 10.5. The Labute approximate surface area is 267 Å². The minimum absolute atomic E-state index is 0.0416. The normalized spacial score (nSPS) is 13.9. The average Bonchev–Trinajstić information content (AvgIpc) is 2.98. The Hall–Kier alpha value is -1.20. The summed E-state index contributed by atoms with van der Waals surface area (Å²) >= 11 is 6.45. The highest BCUT2D eigenvalue weighted by Crippen LogP contribution is 2.24. The number of halogens is 1. The number of amides is 1. The largest absolute Gasteiger partial charge is 0.444 e. The fourth-order valence-electron chi connectivity index (χ4n) is 5.30. The van der Waals surface area contributed by atoms with Gasteiger partial charge in [-0.15, -0.1) is 0 Å². The lowest BCUT2D eigenvalue weighted by Gasteiger charge is -2.23. The molecule has 6 heteroatoms. The summed E-state index contributed by atoms with van der Waals surface area (Å²) in [6.45, 7) is 4.47. The molecule has 0 spiro atoms. The molecular weight excluding hydrogens is 562 g/mol. The highest BCUT2D eigenvalue weighted by molar-refractivity contribution is 8.16. The number of esters is 1. The third-order valence-electron chi connectivity index (χ3n) is 8.05. The van der Waals surface area contributed by atoms with Crippen molar-refractivity contribution in [3.63, 3.8) is 0 Å². The molecule has 4 nitrogen and oxygen atoms in total. The Morgan fingerprint density at radius 3 is 1.88 bits per heavy atom. The number of carbonyl (C=O) groups excluding carboxylic acids is 2. The van der Waals surface area contributed by atoms with Gasteiger partial charge in [-0.05, 0) is 61.8 Å². The molecule has 0 aromatic heterocycles. The summed E-state index contributed by atoms with van der Waals surface area (Å²) in [5, 5.41) is 3.01. The van der Waals surface area contributed by atoms with Gasteiger partial charge in [0.25, 0.3) is 0 Å². The quantitative estimate of drug-likeness (QED) is 0.0421. The molecule has 1 amide bonds. The minimum Gasteiger partial charge on any atom is -0.444 e. The number of alkyl halides is 1. The number of carbonyl (C=O) groups is 2. The zero-order chi connectivity index (χ0) is 30.7. The summed E-state index contributed by atoms with van der Waals surface area (Å²) in [7, 11) is -0.214. The number of thiol groups is 1. The van der Waals surface area contributed by atoms with Gasteiger partial charge in [0.05, 0.1) is 0 Å². The Morgan fingerprint density at radius 1 is 0.738 bits per heavy atom. The van der Waals surface area contributed by atoms with Gasteiger partial charge in [-0.25, -0.2) is 4.79 Å². The highest BCUT2D eigenvalue weighted by atomic mass is 35.5. The lowest BCUT2D eigenvalue weighted by molar-refractivity contribution is -0.150. The highest BCUT2D eigenvalue weighted by Gasteiger charge is 2.24. The molecule has 0 heterocycles. The molecule has 0 radical (unpaired) electrons. The molecule has 1 aromatic carbocycles. The summed E-state index contributed by atoms with van der Waals surface area (Å²) in [5.74, 6) is 1.69. The zero-order valence-electron chi connectivity index (χ0n) is 27.4. The molecule has 0 fully saturated rings. The number of rotatable bonds is 28. The summed E-state index contributed by atoms with van der Waals surface area (Å²) in [6.07, 6.45) is 25.7. The number of hydrogen-bond donors (Lipinski definition) is 2. The molecule has 3 atom stereocenters. The molecule has 0 saturated carbocycles. The molecular formula is C36H64ClNO3S. The van der Waals surface area contributed by atoms with Crippen molar-refractivity contribution in [2.75, 3.05) is 17.8 Å². The van der Waals surface area contributed by atoms with Crippen LogP contribution in [-0.2, 0) is 20.7 Å². The van der Waals surface area contributed by atoms with E-state index in [0.29, 0.717) is 19.3 Å². The Bertz CT molecular complexity index is 778. The first-order chi connectivity index (χ1) is 20.5. The number of unbranched alkanes of at least 4 members (excludes halogenated alkanes) is 14. The van der Waals surface area contributed by atoms with Crippen LogP contribution in [0.4, 0.5) is 0 Å². The van der Waals surface area contributed by atoms with Gasteiger partial charge in [-0.2, -0.15) is 0 Å². The van der Waals surface area contributed by atoms with Crippen molar-refractivity contribution in [1.29, 1.82) is 0 Å². The predicted octanol–water partition coefficient (Wildman–Crippen LogP) is 10.3. The molecule has 0 aliphatic carbocycles. The Kier molecular flexibility index (Phi) is 25.3. The number of ether oxygens (including phenoxy) is 1. The van der Waals surface area contributed by atoms with Gasteiger partial charge in [0.15, 0.2) is 5.56 Å². The van der Waals surface area contributed by atoms with E-state index in [2.05, 4.69) is 55.8 Å². The van der Waals surface area contributed by atoms with Crippen molar-refractivity contribution in [2.24, 2.45) is 0 Å². The Morgan fingerprint density at radius 2 is 1.29 bits per heavy atom. The fraction of sp³-hybridized carbons (Fsp3) is 0.778. The Balaban J connectivity index is 2.44. The van der Waals surface area contributed by atoms with Crippen LogP contribution in [0.5, 0.6) is 0 Å². The van der Waals surface area contributed by atoms with Crippen molar-refractivity contribution < 1.29 is 14.3 Å². The van der Waals surface area contributed by atoms with Crippen LogP contribution in [0.25, 0.3) is 0 Å². The van der Waals surface area contributed by atoms with Gasteiger partial charge in [0.2, 0.25) is 5.91 Å². The van der Waals surface area contributed by atoms with E-state index < -0.39 is 11.6 Å². The maximum Gasteiger partial charge on any atom is 0.330 e. The molecule has 0 bridgehead atoms. The van der Waals surface area contributed by atoms with Crippen LogP contribution in [0.3, 0.4) is 0 Å². The fourth-order valence-corrected chi connectivity index (χ4v) is 7.16. The molecule has 244 valence electrons. The summed E-state index contributed by atoms with van der Waals surface area (Å²) < 4.78 is 5.66. The first-order valence-electron chi connectivity index (χ1n) is 17.3. The maximum absolute atomic E-state index is 13.1. The molecule has 1 aromatic rings. The van der Waals surface area contributed by atoms with E-state index in [1.54, 1.807) is 0 Å². The molecule has 0 aliphatic heterocycles. The molecule has 1 N–H and O–H groups in total. The smallest absolute Gasteiger partial charge is 0.330 e. The second-order valence-corrected chi connectivity index (χ2v) is 15.2. The van der Waals surface area contributed by atoms with Crippen LogP contribution in [0.15, 0.2) is 30.3 Å². The van der Waals surface area contributed by atoms with Gasteiger partial charge in [-0.3, -0.25) is 15.7 Å². The van der Waals surface area contributed by atoms with E-state index in [1.165, 1.54) is 82.6 Å². The number of aryl methyl sites for hydroxylation is 1. The molecule has 1 rings (SSSR count). The van der Waals surface area contributed by atoms with Gasteiger partial charge in [0.1, 0.15) is 6.04 Å². The second kappa shape index (κ2) is 27.4. The molecule has 0 saturated heterocycles. The van der Waals surface area contributed by atoms with E-state index in [0.717, 1.165) is 50.0 Å². The van der Waals surface area contributed by atoms with E-state index in [4.69, 9.17) is 16.3 Å². The van der Waals surface area contributed by atoms with Gasteiger partial charge >= 0.3 is 5.97 Å². The van der Waals surface area contributed by atoms with Crippen LogP contribution in [0.2, 0.25) is 0 Å². The molecule has 2 unspecified atom stereocenters. The van der Waals surface area contributed by atoms with Crippen LogP contribution in [0, 0.1) is 0 Å². The van der Waals surface area contributed by atoms with Gasteiger partial charge < -0.3 is 10.1 Å². The van der Waals surface area contributed by atoms with Crippen molar-refractivity contribution >= 4 is 34.4 Å². The van der Waals surface area contributed by atoms with E-state index >= 15 is 0 Å². The third kappa shape index (κ3) is 22.4. The summed E-state index contributed by atoms with van der Waals surface area (Å²) in [4.78, 5) is 25.9. The number of hydrogen-bond acceptors (Lipinski definition) is 3. The monoisotopic (exact) mass is 625 g/mol. The van der Waals surface area contributed by atoms with Crippen molar-refractivity contribution in [2.45, 2.75) is 160 Å². The average molecular weight is 626 g/mol. The van der Waals surface area contributed by atoms with E-state index in [1.807, 2.05) is 0 Å². The van der Waals surface area contributed by atoms with Crippen molar-refractivity contribution in [1.82, 2.24) is 5.32 Å². The van der Waals surface area contributed by atoms with Gasteiger partial charge in [0, 0.05) is 6.42 Å². The van der Waals surface area contributed by atoms with E-state index in [-0.39, 0.29) is 22.8 Å². The first kappa shape index (κ1) is 38.8. The van der Waals surface area contributed by atoms with Crippen LogP contribution in [-0.4, -0.2) is 41.2 Å². The molecule has 42 heavy (non-hydrogen) atoms. The van der Waals surface area contributed by atoms with Gasteiger partial charge in [-0.1, -0.05) is 146 Å². The van der Waals surface area contributed by atoms with Crippen molar-refractivity contribution in [3.8, 4) is 0 Å². The van der Waals surface area contributed by atoms with Crippen LogP contribution >= 0.6 is 22.5 Å². The minimum atomic E-state index is -0.626. The molecule has 0 aliphatic rings. The maximum atomic E-state index is 13.1. The van der Waals surface area contributed by atoms with Crippen molar-refractivity contribution in [3.05, 3.63) is 35.9 Å². The standard InChI is InChI=1S/C36H64ClNO3S/c1-4-6-8-10-12-13-15-16-21-27-34(37)41-36(40)33(38-35(39)28-22-17-14-11-9-7-5-2)29-31-42(3)30-23-26-32-24-19-18-20-25-32/h18-20,24-25,33-34,42H,4-17,21-23,26-31H2,1-3H3,(H,38,39)/t33-,34?/m1/s1. The zero-order valence-corrected chi connectivity index (χ0v) is 29.0. The number of benzene rings is 1. The van der Waals surface area contributed by atoms with E-state index in [9.17, 15) is 9.59 Å². The van der Waals surface area contributed by atoms with Crippen LogP contribution < -0.4 is 5.32 Å². The second-order valence-electron chi connectivity index (χ2n) is 12.1. The topological polar surface area (TPSA) is 55.4 Å². The SMILES string of the molecule is CCCCCCCCCCCC(Cl)OC(=O)[C@@H](CC[SH](C)CCCc1ccccc1)NC(=O)CCCCCCCCC. The summed E-state index contributed by atoms with van der Waals surface area (Å²) in [6, 6.07) is 10.00. The lowest BCUT2D eigenvalue weighted by Crippen LogP contribution is -2.43. The number of nitrogens with one attached hydrogen (secondary N) is 1. The predicted molar refractivity (Wildman–Crippen MR) is 186 cm³/mol. The lowest BCUT2D eigenvalue weighted by atomic mass is 10.1.